The lowest BCUT2D eigenvalue weighted by Crippen LogP contribution is -2.48. The Kier molecular flexibility index (Phi) is 5.52. The third-order valence-electron chi connectivity index (χ3n) is 4.55. The molecule has 1 amide bonds. The van der Waals surface area contributed by atoms with Crippen LogP contribution in [0.25, 0.3) is 0 Å². The van der Waals surface area contributed by atoms with Gasteiger partial charge in [0.05, 0.1) is 5.92 Å². The molecule has 1 aliphatic rings. The van der Waals surface area contributed by atoms with E-state index < -0.39 is 11.9 Å². The summed E-state index contributed by atoms with van der Waals surface area (Å²) in [6.07, 6.45) is 7.50. The van der Waals surface area contributed by atoms with Gasteiger partial charge in [-0.25, -0.2) is 0 Å². The van der Waals surface area contributed by atoms with E-state index in [4.69, 9.17) is 0 Å². The summed E-state index contributed by atoms with van der Waals surface area (Å²) in [7, 11) is 0. The van der Waals surface area contributed by atoms with E-state index in [1.807, 2.05) is 0 Å². The Labute approximate surface area is 131 Å². The molecule has 0 aliphatic heterocycles. The first-order valence-electron chi connectivity index (χ1n) is 7.94. The molecule has 0 radical (unpaired) electrons. The lowest BCUT2D eigenvalue weighted by Gasteiger charge is -2.39. The van der Waals surface area contributed by atoms with Crippen LogP contribution in [0.2, 0.25) is 0 Å². The van der Waals surface area contributed by atoms with Crippen molar-refractivity contribution in [2.45, 2.75) is 45.6 Å². The molecule has 3 unspecified atom stereocenters. The van der Waals surface area contributed by atoms with Crippen LogP contribution < -0.4 is 0 Å². The van der Waals surface area contributed by atoms with E-state index in [2.05, 4.69) is 11.9 Å². The molecule has 0 bridgehead atoms. The minimum atomic E-state index is -0.865. The van der Waals surface area contributed by atoms with Crippen molar-refractivity contribution in [3.05, 3.63) is 30.1 Å². The van der Waals surface area contributed by atoms with Crippen LogP contribution in [0.4, 0.5) is 0 Å². The van der Waals surface area contributed by atoms with E-state index in [0.717, 1.165) is 19.3 Å². The molecule has 1 heterocycles. The van der Waals surface area contributed by atoms with Crippen molar-refractivity contribution in [2.24, 2.45) is 11.8 Å². The van der Waals surface area contributed by atoms with E-state index in [1.54, 1.807) is 36.4 Å². The van der Waals surface area contributed by atoms with Crippen LogP contribution in [0.3, 0.4) is 0 Å². The predicted octanol–water partition coefficient (Wildman–Crippen LogP) is 2.82. The maximum absolute atomic E-state index is 12.9. The van der Waals surface area contributed by atoms with Crippen LogP contribution in [0.1, 0.15) is 49.9 Å². The average molecular weight is 304 g/mol. The van der Waals surface area contributed by atoms with Gasteiger partial charge in [-0.2, -0.15) is 0 Å². The van der Waals surface area contributed by atoms with Gasteiger partial charge in [-0.05, 0) is 30.9 Å². The Morgan fingerprint density at radius 1 is 1.32 bits per heavy atom. The van der Waals surface area contributed by atoms with Crippen molar-refractivity contribution < 1.29 is 14.7 Å². The van der Waals surface area contributed by atoms with Crippen molar-refractivity contribution in [2.75, 3.05) is 6.54 Å². The zero-order chi connectivity index (χ0) is 16.1. The predicted molar refractivity (Wildman–Crippen MR) is 83.5 cm³/mol. The van der Waals surface area contributed by atoms with Crippen molar-refractivity contribution in [3.63, 3.8) is 0 Å². The first-order chi connectivity index (χ1) is 10.5. The maximum atomic E-state index is 12.9. The quantitative estimate of drug-likeness (QED) is 0.908. The standard InChI is InChI=1S/C17H24N2O3/c1-12-5-3-4-6-15(12)19(11-13(2)17(21)22)16(20)14-7-9-18-10-8-14/h7-10,12-13,15H,3-6,11H2,1-2H3,(H,21,22). The molecule has 0 aromatic carbocycles. The van der Waals surface area contributed by atoms with E-state index >= 15 is 0 Å². The van der Waals surface area contributed by atoms with E-state index in [1.165, 1.54) is 6.42 Å². The van der Waals surface area contributed by atoms with Crippen molar-refractivity contribution in [3.8, 4) is 0 Å². The number of hydrogen-bond donors (Lipinski definition) is 1. The Balaban J connectivity index is 2.24. The molecule has 1 N–H and O–H groups in total. The molecular formula is C17H24N2O3. The van der Waals surface area contributed by atoms with Gasteiger partial charge in [0.1, 0.15) is 0 Å². The summed E-state index contributed by atoms with van der Waals surface area (Å²) in [5.41, 5.74) is 0.574. The number of aliphatic carboxylic acids is 1. The Morgan fingerprint density at radius 2 is 1.95 bits per heavy atom. The molecule has 22 heavy (non-hydrogen) atoms. The number of pyridine rings is 1. The fraction of sp³-hybridized carbons (Fsp3) is 0.588. The largest absolute Gasteiger partial charge is 0.481 e. The highest BCUT2D eigenvalue weighted by atomic mass is 16.4. The summed E-state index contributed by atoms with van der Waals surface area (Å²) in [6.45, 7) is 4.07. The van der Waals surface area contributed by atoms with Crippen LogP contribution in [-0.2, 0) is 4.79 Å². The minimum Gasteiger partial charge on any atom is -0.481 e. The van der Waals surface area contributed by atoms with Gasteiger partial charge < -0.3 is 10.0 Å². The van der Waals surface area contributed by atoms with Crippen LogP contribution in [0, 0.1) is 11.8 Å². The number of carbonyl (C=O) groups is 2. The van der Waals surface area contributed by atoms with E-state index in [0.29, 0.717) is 11.5 Å². The first kappa shape index (κ1) is 16.5. The molecule has 5 heteroatoms. The number of carboxylic acid groups (broad SMARTS) is 1. The maximum Gasteiger partial charge on any atom is 0.308 e. The van der Waals surface area contributed by atoms with Gasteiger partial charge in [0.15, 0.2) is 0 Å². The number of hydrogen-bond acceptors (Lipinski definition) is 3. The van der Waals surface area contributed by atoms with Crippen LogP contribution in [0.5, 0.6) is 0 Å². The summed E-state index contributed by atoms with van der Waals surface area (Å²) < 4.78 is 0. The van der Waals surface area contributed by atoms with Gasteiger partial charge in [0, 0.05) is 30.5 Å². The Hall–Kier alpha value is -1.91. The molecule has 5 nitrogen and oxygen atoms in total. The second kappa shape index (κ2) is 7.38. The fourth-order valence-electron chi connectivity index (χ4n) is 3.16. The zero-order valence-electron chi connectivity index (χ0n) is 13.2. The van der Waals surface area contributed by atoms with E-state index in [-0.39, 0.29) is 18.5 Å². The summed E-state index contributed by atoms with van der Waals surface area (Å²) in [4.78, 5) is 29.8. The summed E-state index contributed by atoms with van der Waals surface area (Å²) in [5.74, 6) is -1.12. The van der Waals surface area contributed by atoms with Gasteiger partial charge in [0.25, 0.3) is 5.91 Å². The Bertz CT molecular complexity index is 518. The molecule has 0 saturated heterocycles. The smallest absolute Gasteiger partial charge is 0.308 e. The molecule has 120 valence electrons. The van der Waals surface area contributed by atoms with Crippen molar-refractivity contribution >= 4 is 11.9 Å². The molecule has 2 rings (SSSR count). The highest BCUT2D eigenvalue weighted by Gasteiger charge is 2.32. The molecule has 1 aromatic heterocycles. The molecule has 0 spiro atoms. The van der Waals surface area contributed by atoms with E-state index in [9.17, 15) is 14.7 Å². The van der Waals surface area contributed by atoms with Crippen LogP contribution >= 0.6 is 0 Å². The SMILES string of the molecule is CC(CN(C(=O)c1ccncc1)C1CCCCC1C)C(=O)O. The van der Waals surface area contributed by atoms with Crippen molar-refractivity contribution in [1.29, 1.82) is 0 Å². The molecule has 1 fully saturated rings. The average Bonchev–Trinajstić information content (AvgIpc) is 2.53. The van der Waals surface area contributed by atoms with Gasteiger partial charge in [-0.1, -0.05) is 26.7 Å². The minimum absolute atomic E-state index is 0.0887. The highest BCUT2D eigenvalue weighted by molar-refractivity contribution is 5.94. The molecule has 1 aromatic rings. The molecule has 3 atom stereocenters. The van der Waals surface area contributed by atoms with Gasteiger partial charge in [-0.15, -0.1) is 0 Å². The summed E-state index contributed by atoms with van der Waals surface area (Å²) >= 11 is 0. The van der Waals surface area contributed by atoms with Gasteiger partial charge >= 0.3 is 5.97 Å². The molecular weight excluding hydrogens is 280 g/mol. The number of carboxylic acids is 1. The number of carbonyl (C=O) groups excluding carboxylic acids is 1. The third-order valence-corrected chi connectivity index (χ3v) is 4.55. The Morgan fingerprint density at radius 3 is 2.55 bits per heavy atom. The normalized spacial score (nSPS) is 22.8. The van der Waals surface area contributed by atoms with Crippen molar-refractivity contribution in [1.82, 2.24) is 9.88 Å². The second-order valence-corrected chi connectivity index (χ2v) is 6.26. The third kappa shape index (κ3) is 3.84. The monoisotopic (exact) mass is 304 g/mol. The lowest BCUT2D eigenvalue weighted by atomic mass is 9.84. The zero-order valence-corrected chi connectivity index (χ0v) is 13.2. The van der Waals surface area contributed by atoms with Crippen LogP contribution in [0.15, 0.2) is 24.5 Å². The second-order valence-electron chi connectivity index (χ2n) is 6.26. The van der Waals surface area contributed by atoms with Crippen LogP contribution in [-0.4, -0.2) is 39.5 Å². The highest BCUT2D eigenvalue weighted by Crippen LogP contribution is 2.29. The molecule has 1 aliphatic carbocycles. The fourth-order valence-corrected chi connectivity index (χ4v) is 3.16. The number of aromatic nitrogens is 1. The number of rotatable bonds is 5. The summed E-state index contributed by atoms with van der Waals surface area (Å²) in [6, 6.07) is 3.50. The summed E-state index contributed by atoms with van der Waals surface area (Å²) in [5, 5.41) is 9.20. The lowest BCUT2D eigenvalue weighted by molar-refractivity contribution is -0.141. The topological polar surface area (TPSA) is 70.5 Å². The number of nitrogens with zero attached hydrogens (tertiary/aromatic N) is 2. The van der Waals surface area contributed by atoms with Gasteiger partial charge in [0.2, 0.25) is 0 Å². The first-order valence-corrected chi connectivity index (χ1v) is 7.94. The number of amides is 1. The molecule has 1 saturated carbocycles. The van der Waals surface area contributed by atoms with Gasteiger partial charge in [-0.3, -0.25) is 14.6 Å².